The Morgan fingerprint density at radius 3 is 2.89 bits per heavy atom. The summed E-state index contributed by atoms with van der Waals surface area (Å²) < 4.78 is 13.9. The fraction of sp³-hybridized carbons (Fsp3) is 0.100. The van der Waals surface area contributed by atoms with Crippen molar-refractivity contribution in [2.45, 2.75) is 16.2 Å². The minimum atomic E-state index is -0.450. The molecule has 0 bridgehead atoms. The van der Waals surface area contributed by atoms with E-state index >= 15 is 0 Å². The van der Waals surface area contributed by atoms with Crippen LogP contribution in [-0.2, 0) is 0 Å². The van der Waals surface area contributed by atoms with Crippen LogP contribution in [0.5, 0.6) is 0 Å². The minimum Gasteiger partial charge on any atom is -0.409 e. The first-order valence-electron chi connectivity index (χ1n) is 4.85. The third-order valence-corrected chi connectivity index (χ3v) is 4.00. The molecule has 0 fully saturated rings. The summed E-state index contributed by atoms with van der Waals surface area (Å²) >= 11 is 2.71. The minimum absolute atomic E-state index is 0.141. The summed E-state index contributed by atoms with van der Waals surface area (Å²) in [5.41, 5.74) is 5.84. The summed E-state index contributed by atoms with van der Waals surface area (Å²) in [7, 11) is 0. The van der Waals surface area contributed by atoms with Gasteiger partial charge in [-0.1, -0.05) is 28.3 Å². The molecule has 0 amide bonds. The molecular weight excluding hydrogens is 275 g/mol. The van der Waals surface area contributed by atoms with Crippen molar-refractivity contribution in [1.82, 2.24) is 10.2 Å². The highest BCUT2D eigenvalue weighted by molar-refractivity contribution is 8.01. The molecule has 1 heterocycles. The normalized spacial score (nSPS) is 11.8. The molecular formula is C10H9FN4OS2. The molecule has 94 valence electrons. The maximum Gasteiger partial charge on any atom is 0.179 e. The van der Waals surface area contributed by atoms with Crippen LogP contribution < -0.4 is 5.73 Å². The maximum atomic E-state index is 13.2. The van der Waals surface area contributed by atoms with E-state index in [1.165, 1.54) is 35.2 Å². The van der Waals surface area contributed by atoms with E-state index in [9.17, 15) is 4.39 Å². The molecule has 0 unspecified atom stereocenters. The van der Waals surface area contributed by atoms with E-state index in [1.807, 2.05) is 6.92 Å². The van der Waals surface area contributed by atoms with Gasteiger partial charge in [0.2, 0.25) is 0 Å². The molecule has 2 rings (SSSR count). The largest absolute Gasteiger partial charge is 0.409 e. The fourth-order valence-corrected chi connectivity index (χ4v) is 3.15. The van der Waals surface area contributed by atoms with Crippen LogP contribution in [0.4, 0.5) is 4.39 Å². The van der Waals surface area contributed by atoms with Crippen LogP contribution in [0.1, 0.15) is 10.6 Å². The van der Waals surface area contributed by atoms with E-state index in [0.29, 0.717) is 14.8 Å². The summed E-state index contributed by atoms with van der Waals surface area (Å²) in [5, 5.41) is 20.2. The number of amidine groups is 1. The Labute approximate surface area is 111 Å². The van der Waals surface area contributed by atoms with Gasteiger partial charge in [-0.3, -0.25) is 0 Å². The summed E-state index contributed by atoms with van der Waals surface area (Å²) in [6.45, 7) is 1.84. The predicted molar refractivity (Wildman–Crippen MR) is 67.7 cm³/mol. The molecule has 8 heteroatoms. The second-order valence-electron chi connectivity index (χ2n) is 3.31. The monoisotopic (exact) mass is 284 g/mol. The molecule has 5 nitrogen and oxygen atoms in total. The zero-order chi connectivity index (χ0) is 13.1. The van der Waals surface area contributed by atoms with E-state index in [4.69, 9.17) is 10.9 Å². The van der Waals surface area contributed by atoms with Crippen molar-refractivity contribution in [2.75, 3.05) is 0 Å². The van der Waals surface area contributed by atoms with Crippen molar-refractivity contribution in [3.8, 4) is 0 Å². The summed E-state index contributed by atoms with van der Waals surface area (Å²) in [5.74, 6) is -0.590. The van der Waals surface area contributed by atoms with Crippen LogP contribution in [-0.4, -0.2) is 21.2 Å². The average molecular weight is 284 g/mol. The van der Waals surface area contributed by atoms with Gasteiger partial charge in [-0.05, 0) is 25.1 Å². The first kappa shape index (κ1) is 12.8. The lowest BCUT2D eigenvalue weighted by atomic mass is 10.2. The van der Waals surface area contributed by atoms with Gasteiger partial charge < -0.3 is 10.9 Å². The molecule has 0 aliphatic rings. The Balaban J connectivity index is 2.38. The van der Waals surface area contributed by atoms with Crippen molar-refractivity contribution >= 4 is 28.9 Å². The lowest BCUT2D eigenvalue weighted by molar-refractivity contribution is 0.318. The van der Waals surface area contributed by atoms with Gasteiger partial charge in [0, 0.05) is 10.5 Å². The molecule has 2 aromatic rings. The lowest BCUT2D eigenvalue weighted by Crippen LogP contribution is -2.14. The number of nitrogens with two attached hydrogens (primary N) is 1. The Bertz CT molecular complexity index is 599. The third kappa shape index (κ3) is 2.77. The Kier molecular flexibility index (Phi) is 3.78. The highest BCUT2D eigenvalue weighted by Crippen LogP contribution is 2.32. The van der Waals surface area contributed by atoms with Crippen LogP contribution in [0.2, 0.25) is 0 Å². The summed E-state index contributed by atoms with van der Waals surface area (Å²) in [4.78, 5) is 0.655. The third-order valence-electron chi connectivity index (χ3n) is 2.03. The van der Waals surface area contributed by atoms with Gasteiger partial charge in [0.25, 0.3) is 0 Å². The van der Waals surface area contributed by atoms with Crippen molar-refractivity contribution in [3.63, 3.8) is 0 Å². The van der Waals surface area contributed by atoms with E-state index in [0.717, 1.165) is 5.01 Å². The van der Waals surface area contributed by atoms with E-state index in [-0.39, 0.29) is 5.84 Å². The topological polar surface area (TPSA) is 84.4 Å². The van der Waals surface area contributed by atoms with Gasteiger partial charge in [0.05, 0.1) is 0 Å². The number of aromatic nitrogens is 2. The predicted octanol–water partition coefficient (Wildman–Crippen LogP) is 2.23. The summed E-state index contributed by atoms with van der Waals surface area (Å²) in [6.07, 6.45) is 0. The molecule has 1 aromatic heterocycles. The number of rotatable bonds is 3. The molecule has 0 radical (unpaired) electrons. The molecule has 0 aliphatic heterocycles. The van der Waals surface area contributed by atoms with E-state index in [1.54, 1.807) is 6.07 Å². The lowest BCUT2D eigenvalue weighted by Gasteiger charge is -2.05. The molecule has 1 aromatic carbocycles. The quantitative estimate of drug-likeness (QED) is 0.391. The van der Waals surface area contributed by atoms with Crippen molar-refractivity contribution in [3.05, 3.63) is 34.6 Å². The maximum absolute atomic E-state index is 13.2. The first-order chi connectivity index (χ1) is 8.60. The van der Waals surface area contributed by atoms with Crippen LogP contribution in [0, 0.1) is 12.7 Å². The van der Waals surface area contributed by atoms with Crippen LogP contribution in [0.25, 0.3) is 0 Å². The second-order valence-corrected chi connectivity index (χ2v) is 5.79. The van der Waals surface area contributed by atoms with Gasteiger partial charge in [-0.15, -0.1) is 10.2 Å². The fourth-order valence-electron chi connectivity index (χ4n) is 1.26. The first-order valence-corrected chi connectivity index (χ1v) is 6.49. The number of hydrogen-bond donors (Lipinski definition) is 2. The standard InChI is InChI=1S/C10H9FN4OS2/c1-5-13-14-10(17-5)18-8-3-2-6(11)4-7(8)9(12)15-16/h2-4,16H,1H3,(H2,12,15). The molecule has 0 saturated carbocycles. The van der Waals surface area contributed by atoms with Crippen molar-refractivity contribution in [1.29, 1.82) is 0 Å². The van der Waals surface area contributed by atoms with Crippen molar-refractivity contribution < 1.29 is 9.60 Å². The SMILES string of the molecule is Cc1nnc(Sc2ccc(F)cc2C(N)=NO)s1. The molecule has 0 aliphatic carbocycles. The number of oxime groups is 1. The van der Waals surface area contributed by atoms with Gasteiger partial charge in [0.15, 0.2) is 10.2 Å². The molecule has 0 spiro atoms. The number of halogens is 1. The number of hydrogen-bond acceptors (Lipinski definition) is 6. The molecule has 0 saturated heterocycles. The molecule has 18 heavy (non-hydrogen) atoms. The molecule has 0 atom stereocenters. The van der Waals surface area contributed by atoms with Crippen LogP contribution in [0.3, 0.4) is 0 Å². The molecule has 3 N–H and O–H groups in total. The van der Waals surface area contributed by atoms with Gasteiger partial charge in [-0.25, -0.2) is 4.39 Å². The number of nitrogens with zero attached hydrogens (tertiary/aromatic N) is 3. The highest BCUT2D eigenvalue weighted by atomic mass is 32.2. The van der Waals surface area contributed by atoms with Crippen LogP contribution in [0.15, 0.2) is 32.6 Å². The Morgan fingerprint density at radius 2 is 2.28 bits per heavy atom. The van der Waals surface area contributed by atoms with Crippen molar-refractivity contribution in [2.24, 2.45) is 10.9 Å². The smallest absolute Gasteiger partial charge is 0.179 e. The summed E-state index contributed by atoms with van der Waals surface area (Å²) in [6, 6.07) is 4.08. The van der Waals surface area contributed by atoms with E-state index in [2.05, 4.69) is 15.4 Å². The highest BCUT2D eigenvalue weighted by Gasteiger charge is 2.12. The van der Waals surface area contributed by atoms with Gasteiger partial charge in [-0.2, -0.15) is 0 Å². The van der Waals surface area contributed by atoms with E-state index < -0.39 is 5.82 Å². The number of benzene rings is 1. The zero-order valence-electron chi connectivity index (χ0n) is 9.29. The second kappa shape index (κ2) is 5.32. The average Bonchev–Trinajstić information content (AvgIpc) is 2.76. The van der Waals surface area contributed by atoms with Gasteiger partial charge in [0.1, 0.15) is 10.8 Å². The zero-order valence-corrected chi connectivity index (χ0v) is 10.9. The Hall–Kier alpha value is -1.67. The van der Waals surface area contributed by atoms with Gasteiger partial charge >= 0.3 is 0 Å². The van der Waals surface area contributed by atoms with Crippen LogP contribution >= 0.6 is 23.1 Å². The number of aryl methyl sites for hydroxylation is 1. The Morgan fingerprint density at radius 1 is 1.50 bits per heavy atom.